The smallest absolute Gasteiger partial charge is 0.129 e. The van der Waals surface area contributed by atoms with Crippen LogP contribution in [0.15, 0.2) is 48.5 Å². The van der Waals surface area contributed by atoms with Crippen LogP contribution in [-0.2, 0) is 6.61 Å². The van der Waals surface area contributed by atoms with Gasteiger partial charge in [0.1, 0.15) is 18.2 Å². The van der Waals surface area contributed by atoms with Gasteiger partial charge < -0.3 is 10.2 Å². The van der Waals surface area contributed by atoms with Gasteiger partial charge in [0.2, 0.25) is 0 Å². The van der Waals surface area contributed by atoms with Gasteiger partial charge in [0.05, 0.1) is 0 Å². The summed E-state index contributed by atoms with van der Waals surface area (Å²) < 4.78 is 18.8. The Morgan fingerprint density at radius 2 is 1.76 bits per heavy atom. The van der Waals surface area contributed by atoms with E-state index in [0.717, 1.165) is 5.69 Å². The van der Waals surface area contributed by atoms with Gasteiger partial charge in [-0.1, -0.05) is 18.2 Å². The zero-order chi connectivity index (χ0) is 12.1. The molecular formula is C13H13FN2O. The SMILES string of the molecule is NNc1ccc(OCc2ccccc2F)cc1. The van der Waals surface area contributed by atoms with E-state index in [9.17, 15) is 4.39 Å². The normalized spacial score (nSPS) is 10.0. The lowest BCUT2D eigenvalue weighted by Crippen LogP contribution is -2.06. The Morgan fingerprint density at radius 3 is 2.41 bits per heavy atom. The summed E-state index contributed by atoms with van der Waals surface area (Å²) in [4.78, 5) is 0. The first-order chi connectivity index (χ1) is 8.29. The second kappa shape index (κ2) is 5.32. The molecule has 0 unspecified atom stereocenters. The molecule has 3 N–H and O–H groups in total. The number of nitrogens with two attached hydrogens (primary N) is 1. The number of hydrazine groups is 1. The lowest BCUT2D eigenvalue weighted by Gasteiger charge is -2.07. The van der Waals surface area contributed by atoms with E-state index in [-0.39, 0.29) is 12.4 Å². The quantitative estimate of drug-likeness (QED) is 0.629. The molecule has 2 aromatic rings. The monoisotopic (exact) mass is 232 g/mol. The van der Waals surface area contributed by atoms with Gasteiger partial charge in [-0.05, 0) is 30.3 Å². The zero-order valence-electron chi connectivity index (χ0n) is 9.19. The number of nitrogens with one attached hydrogen (secondary N) is 1. The van der Waals surface area contributed by atoms with Crippen LogP contribution in [0, 0.1) is 5.82 Å². The third-order valence-electron chi connectivity index (χ3n) is 2.37. The third kappa shape index (κ3) is 2.95. The molecule has 0 heterocycles. The van der Waals surface area contributed by atoms with Crippen molar-refractivity contribution in [3.8, 4) is 5.75 Å². The van der Waals surface area contributed by atoms with E-state index in [2.05, 4.69) is 5.43 Å². The van der Waals surface area contributed by atoms with E-state index in [0.29, 0.717) is 11.3 Å². The van der Waals surface area contributed by atoms with Crippen LogP contribution < -0.4 is 16.0 Å². The molecule has 0 atom stereocenters. The Kier molecular flexibility index (Phi) is 3.57. The van der Waals surface area contributed by atoms with Gasteiger partial charge in [-0.2, -0.15) is 0 Å². The fourth-order valence-corrected chi connectivity index (χ4v) is 1.42. The molecule has 0 radical (unpaired) electrons. The van der Waals surface area contributed by atoms with Crippen molar-refractivity contribution >= 4 is 5.69 Å². The number of hydrogen-bond acceptors (Lipinski definition) is 3. The predicted molar refractivity (Wildman–Crippen MR) is 65.0 cm³/mol. The molecule has 88 valence electrons. The topological polar surface area (TPSA) is 47.3 Å². The molecule has 2 rings (SSSR count). The highest BCUT2D eigenvalue weighted by atomic mass is 19.1. The number of rotatable bonds is 4. The molecule has 17 heavy (non-hydrogen) atoms. The molecule has 0 spiro atoms. The molecule has 0 aliphatic carbocycles. The fraction of sp³-hybridized carbons (Fsp3) is 0.0769. The van der Waals surface area contributed by atoms with Crippen LogP contribution in [0.3, 0.4) is 0 Å². The summed E-state index contributed by atoms with van der Waals surface area (Å²) in [6.45, 7) is 0.210. The standard InChI is InChI=1S/C13H13FN2O/c14-13-4-2-1-3-10(13)9-17-12-7-5-11(16-15)6-8-12/h1-8,16H,9,15H2. The first-order valence-corrected chi connectivity index (χ1v) is 5.22. The van der Waals surface area contributed by atoms with Crippen LogP contribution in [-0.4, -0.2) is 0 Å². The molecule has 0 bridgehead atoms. The van der Waals surface area contributed by atoms with E-state index >= 15 is 0 Å². The fourth-order valence-electron chi connectivity index (χ4n) is 1.42. The van der Waals surface area contributed by atoms with E-state index in [1.54, 1.807) is 42.5 Å². The van der Waals surface area contributed by atoms with Gasteiger partial charge >= 0.3 is 0 Å². The van der Waals surface area contributed by atoms with Crippen LogP contribution in [0.1, 0.15) is 5.56 Å². The Hall–Kier alpha value is -2.07. The van der Waals surface area contributed by atoms with Crippen LogP contribution in [0.5, 0.6) is 5.75 Å². The minimum atomic E-state index is -0.257. The molecule has 0 aromatic heterocycles. The van der Waals surface area contributed by atoms with Gasteiger partial charge in [-0.25, -0.2) is 4.39 Å². The zero-order valence-corrected chi connectivity index (χ0v) is 9.19. The first-order valence-electron chi connectivity index (χ1n) is 5.22. The molecular weight excluding hydrogens is 219 g/mol. The maximum absolute atomic E-state index is 13.3. The molecule has 2 aromatic carbocycles. The van der Waals surface area contributed by atoms with E-state index in [4.69, 9.17) is 10.6 Å². The Bertz CT molecular complexity index is 485. The molecule has 4 heteroatoms. The van der Waals surface area contributed by atoms with Gasteiger partial charge in [0, 0.05) is 11.3 Å². The average Bonchev–Trinajstić information content (AvgIpc) is 2.38. The van der Waals surface area contributed by atoms with Crippen molar-refractivity contribution in [3.63, 3.8) is 0 Å². The largest absolute Gasteiger partial charge is 0.489 e. The lowest BCUT2D eigenvalue weighted by molar-refractivity contribution is 0.300. The number of benzene rings is 2. The minimum absolute atomic E-state index is 0.210. The maximum atomic E-state index is 13.3. The summed E-state index contributed by atoms with van der Waals surface area (Å²) in [5.41, 5.74) is 3.85. The summed E-state index contributed by atoms with van der Waals surface area (Å²) in [5, 5.41) is 0. The Balaban J connectivity index is 2.00. The molecule has 0 fully saturated rings. The number of hydrogen-bond donors (Lipinski definition) is 2. The van der Waals surface area contributed by atoms with Crippen LogP contribution in [0.25, 0.3) is 0 Å². The highest BCUT2D eigenvalue weighted by Crippen LogP contribution is 2.17. The van der Waals surface area contributed by atoms with E-state index in [1.807, 2.05) is 0 Å². The Morgan fingerprint density at radius 1 is 1.06 bits per heavy atom. The maximum Gasteiger partial charge on any atom is 0.129 e. The van der Waals surface area contributed by atoms with E-state index in [1.165, 1.54) is 6.07 Å². The number of anilines is 1. The summed E-state index contributed by atoms with van der Waals surface area (Å²) in [6.07, 6.45) is 0. The van der Waals surface area contributed by atoms with Crippen molar-refractivity contribution < 1.29 is 9.13 Å². The van der Waals surface area contributed by atoms with Gasteiger partial charge in [-0.3, -0.25) is 5.84 Å². The molecule has 0 saturated carbocycles. The number of halogens is 1. The molecule has 0 aliphatic rings. The highest BCUT2D eigenvalue weighted by molar-refractivity contribution is 5.45. The van der Waals surface area contributed by atoms with Crippen LogP contribution in [0.2, 0.25) is 0 Å². The number of nitrogen functional groups attached to an aromatic ring is 1. The average molecular weight is 232 g/mol. The summed E-state index contributed by atoms with van der Waals surface area (Å²) in [5.74, 6) is 5.66. The predicted octanol–water partition coefficient (Wildman–Crippen LogP) is 2.69. The first kappa shape index (κ1) is 11.4. The molecule has 3 nitrogen and oxygen atoms in total. The lowest BCUT2D eigenvalue weighted by atomic mass is 10.2. The van der Waals surface area contributed by atoms with Gasteiger partial charge in [-0.15, -0.1) is 0 Å². The van der Waals surface area contributed by atoms with Crippen LogP contribution >= 0.6 is 0 Å². The van der Waals surface area contributed by atoms with Crippen molar-refractivity contribution in [2.24, 2.45) is 5.84 Å². The van der Waals surface area contributed by atoms with E-state index < -0.39 is 0 Å². The summed E-state index contributed by atoms with van der Waals surface area (Å²) in [7, 11) is 0. The van der Waals surface area contributed by atoms with Crippen molar-refractivity contribution in [1.29, 1.82) is 0 Å². The summed E-state index contributed by atoms with van der Waals surface area (Å²) >= 11 is 0. The van der Waals surface area contributed by atoms with Crippen LogP contribution in [0.4, 0.5) is 10.1 Å². The second-order valence-electron chi connectivity index (χ2n) is 3.55. The van der Waals surface area contributed by atoms with Gasteiger partial charge in [0.25, 0.3) is 0 Å². The molecule has 0 amide bonds. The minimum Gasteiger partial charge on any atom is -0.489 e. The van der Waals surface area contributed by atoms with Crippen molar-refractivity contribution in [2.45, 2.75) is 6.61 Å². The number of ether oxygens (including phenoxy) is 1. The third-order valence-corrected chi connectivity index (χ3v) is 2.37. The molecule has 0 aliphatic heterocycles. The van der Waals surface area contributed by atoms with Crippen molar-refractivity contribution in [2.75, 3.05) is 5.43 Å². The van der Waals surface area contributed by atoms with Crippen molar-refractivity contribution in [3.05, 3.63) is 59.9 Å². The Labute approximate surface area is 99.0 Å². The molecule has 0 saturated heterocycles. The van der Waals surface area contributed by atoms with Gasteiger partial charge in [0.15, 0.2) is 0 Å². The van der Waals surface area contributed by atoms with Crippen molar-refractivity contribution in [1.82, 2.24) is 0 Å². The highest BCUT2D eigenvalue weighted by Gasteiger charge is 2.01. The summed E-state index contributed by atoms with van der Waals surface area (Å²) in [6, 6.07) is 13.7. The second-order valence-corrected chi connectivity index (χ2v) is 3.55.